The van der Waals surface area contributed by atoms with E-state index in [2.05, 4.69) is 0 Å². The van der Waals surface area contributed by atoms with Crippen molar-refractivity contribution in [2.75, 3.05) is 18.1 Å². The van der Waals surface area contributed by atoms with Crippen LogP contribution in [0.3, 0.4) is 0 Å². The Hall–Kier alpha value is -3.58. The quantitative estimate of drug-likeness (QED) is 0.312. The van der Waals surface area contributed by atoms with Gasteiger partial charge in [0, 0.05) is 12.0 Å². The number of carbonyl (C=O) groups excluding carboxylic acids is 2. The molecule has 4 rings (SSSR count). The molecule has 0 aliphatic carbocycles. The number of nitrogens with zero attached hydrogens (tertiary/aromatic N) is 2. The number of hydrogen-bond acceptors (Lipinski definition) is 6. The fraction of sp³-hybridized carbons (Fsp3) is 0.276. The highest BCUT2D eigenvalue weighted by Crippen LogP contribution is 2.36. The molecule has 1 atom stereocenters. The summed E-state index contributed by atoms with van der Waals surface area (Å²) in [5, 5.41) is -0.0293. The molecule has 1 amide bonds. The van der Waals surface area contributed by atoms with Crippen molar-refractivity contribution in [1.82, 2.24) is 0 Å². The lowest BCUT2D eigenvalue weighted by Crippen LogP contribution is -2.32. The van der Waals surface area contributed by atoms with Crippen molar-refractivity contribution >= 4 is 40.0 Å². The van der Waals surface area contributed by atoms with Gasteiger partial charge in [0.1, 0.15) is 11.5 Å². The standard InChI is InChI=1S/C29H30N2O4S/c1-5-34-24-13-9-22(10-14-24)30-29-31(23-11-15-25(16-12-23)35-6-2)28(33)27(36-29)18-26(32)21-8-7-19(3)20(4)17-21/h7-17,27H,5-6,18H2,1-4H3/t27-/m1/s1. The number of anilines is 1. The number of amides is 1. The van der Waals surface area contributed by atoms with Gasteiger partial charge in [-0.1, -0.05) is 23.9 Å². The summed E-state index contributed by atoms with van der Waals surface area (Å²) in [5.74, 6) is 1.27. The van der Waals surface area contributed by atoms with Gasteiger partial charge in [0.15, 0.2) is 11.0 Å². The van der Waals surface area contributed by atoms with Crippen LogP contribution >= 0.6 is 11.8 Å². The zero-order chi connectivity index (χ0) is 25.7. The van der Waals surface area contributed by atoms with Crippen molar-refractivity contribution in [2.24, 2.45) is 4.99 Å². The normalized spacial score (nSPS) is 16.4. The fourth-order valence-electron chi connectivity index (χ4n) is 3.86. The molecular weight excluding hydrogens is 472 g/mol. The van der Waals surface area contributed by atoms with Crippen molar-refractivity contribution in [3.8, 4) is 11.5 Å². The summed E-state index contributed by atoms with van der Waals surface area (Å²) < 4.78 is 11.1. The van der Waals surface area contributed by atoms with E-state index in [9.17, 15) is 9.59 Å². The van der Waals surface area contributed by atoms with Gasteiger partial charge < -0.3 is 9.47 Å². The Bertz CT molecular complexity index is 1270. The molecule has 3 aromatic carbocycles. The van der Waals surface area contributed by atoms with Crippen molar-refractivity contribution in [2.45, 2.75) is 39.4 Å². The van der Waals surface area contributed by atoms with E-state index in [4.69, 9.17) is 14.5 Å². The third-order valence-corrected chi connectivity index (χ3v) is 7.05. The molecule has 0 unspecified atom stereocenters. The maximum atomic E-state index is 13.6. The smallest absolute Gasteiger partial charge is 0.247 e. The second-order valence-corrected chi connectivity index (χ2v) is 9.62. The van der Waals surface area contributed by atoms with E-state index in [1.165, 1.54) is 11.8 Å². The van der Waals surface area contributed by atoms with Gasteiger partial charge in [0.05, 0.1) is 29.8 Å². The molecule has 1 aliphatic rings. The largest absolute Gasteiger partial charge is 0.494 e. The predicted molar refractivity (Wildman–Crippen MR) is 146 cm³/mol. The molecule has 3 aromatic rings. The highest BCUT2D eigenvalue weighted by atomic mass is 32.2. The monoisotopic (exact) mass is 502 g/mol. The average Bonchev–Trinajstić information content (AvgIpc) is 3.17. The molecular formula is C29H30N2O4S. The summed E-state index contributed by atoms with van der Waals surface area (Å²) in [7, 11) is 0. The molecule has 0 bridgehead atoms. The minimum atomic E-state index is -0.563. The summed E-state index contributed by atoms with van der Waals surface area (Å²) in [5.41, 5.74) is 4.19. The second-order valence-electron chi connectivity index (χ2n) is 8.45. The molecule has 6 nitrogen and oxygen atoms in total. The summed E-state index contributed by atoms with van der Waals surface area (Å²) in [6, 6.07) is 20.4. The van der Waals surface area contributed by atoms with E-state index in [0.29, 0.717) is 35.3 Å². The van der Waals surface area contributed by atoms with Gasteiger partial charge in [0.25, 0.3) is 0 Å². The maximum absolute atomic E-state index is 13.6. The number of carbonyl (C=O) groups is 2. The number of amidine groups is 1. The van der Waals surface area contributed by atoms with Gasteiger partial charge in [-0.25, -0.2) is 4.99 Å². The number of Topliss-reactive ketones (excluding diaryl/α,β-unsaturated/α-hetero) is 1. The molecule has 0 radical (unpaired) electrons. The van der Waals surface area contributed by atoms with Gasteiger partial charge in [0.2, 0.25) is 5.91 Å². The van der Waals surface area contributed by atoms with Crippen LogP contribution in [0.1, 0.15) is 41.8 Å². The van der Waals surface area contributed by atoms with Gasteiger partial charge in [-0.15, -0.1) is 0 Å². The average molecular weight is 503 g/mol. The first-order valence-electron chi connectivity index (χ1n) is 12.0. The van der Waals surface area contributed by atoms with Crippen molar-refractivity contribution in [1.29, 1.82) is 0 Å². The Labute approximate surface area is 216 Å². The molecule has 36 heavy (non-hydrogen) atoms. The van der Waals surface area contributed by atoms with E-state index in [1.54, 1.807) is 4.90 Å². The number of hydrogen-bond donors (Lipinski definition) is 0. The highest BCUT2D eigenvalue weighted by Gasteiger charge is 2.40. The number of rotatable bonds is 9. The number of aryl methyl sites for hydroxylation is 2. The van der Waals surface area contributed by atoms with Crippen LogP contribution in [-0.4, -0.2) is 35.3 Å². The summed E-state index contributed by atoms with van der Waals surface area (Å²) in [6.07, 6.45) is 0.0990. The maximum Gasteiger partial charge on any atom is 0.247 e. The van der Waals surface area contributed by atoms with E-state index in [0.717, 1.165) is 22.6 Å². The molecule has 1 fully saturated rings. The molecule has 1 aliphatic heterocycles. The van der Waals surface area contributed by atoms with E-state index >= 15 is 0 Å². The number of ether oxygens (including phenoxy) is 2. The first-order chi connectivity index (χ1) is 17.4. The predicted octanol–water partition coefficient (Wildman–Crippen LogP) is 6.51. The first-order valence-corrected chi connectivity index (χ1v) is 12.9. The Kier molecular flexibility index (Phi) is 8.10. The molecule has 186 valence electrons. The lowest BCUT2D eigenvalue weighted by atomic mass is 10.0. The molecule has 7 heteroatoms. The third kappa shape index (κ3) is 5.79. The lowest BCUT2D eigenvalue weighted by molar-refractivity contribution is -0.116. The Morgan fingerprint density at radius 1 is 0.889 bits per heavy atom. The second kappa shape index (κ2) is 11.4. The van der Waals surface area contributed by atoms with Gasteiger partial charge in [-0.3, -0.25) is 14.5 Å². The van der Waals surface area contributed by atoms with Crippen molar-refractivity contribution < 1.29 is 19.1 Å². The number of thioether (sulfide) groups is 1. The SMILES string of the molecule is CCOc1ccc(N=C2S[C@H](CC(=O)c3ccc(C)c(C)c3)C(=O)N2c2ccc(OCC)cc2)cc1. The van der Waals surface area contributed by atoms with Gasteiger partial charge >= 0.3 is 0 Å². The van der Waals surface area contributed by atoms with Crippen molar-refractivity contribution in [3.63, 3.8) is 0 Å². The van der Waals surface area contributed by atoms with Gasteiger partial charge in [-0.2, -0.15) is 0 Å². The van der Waals surface area contributed by atoms with Crippen LogP contribution in [0.5, 0.6) is 11.5 Å². The van der Waals surface area contributed by atoms with E-state index in [1.807, 2.05) is 94.4 Å². The minimum absolute atomic E-state index is 0.0575. The Morgan fingerprint density at radius 2 is 1.50 bits per heavy atom. The third-order valence-electron chi connectivity index (χ3n) is 5.91. The molecule has 0 N–H and O–H groups in total. The fourth-order valence-corrected chi connectivity index (χ4v) is 5.02. The molecule has 0 aromatic heterocycles. The molecule has 1 saturated heterocycles. The first kappa shape index (κ1) is 25.5. The molecule has 0 saturated carbocycles. The Balaban J connectivity index is 1.63. The topological polar surface area (TPSA) is 68.2 Å². The lowest BCUT2D eigenvalue weighted by Gasteiger charge is -2.17. The molecule has 1 heterocycles. The van der Waals surface area contributed by atoms with Crippen LogP contribution < -0.4 is 14.4 Å². The van der Waals surface area contributed by atoms with Crippen LogP contribution in [0.4, 0.5) is 11.4 Å². The van der Waals surface area contributed by atoms with E-state index in [-0.39, 0.29) is 18.1 Å². The van der Waals surface area contributed by atoms with Crippen LogP contribution in [0.15, 0.2) is 71.7 Å². The number of benzene rings is 3. The van der Waals surface area contributed by atoms with Crippen LogP contribution in [0, 0.1) is 13.8 Å². The van der Waals surface area contributed by atoms with Crippen LogP contribution in [-0.2, 0) is 4.79 Å². The van der Waals surface area contributed by atoms with Gasteiger partial charge in [-0.05, 0) is 93.4 Å². The minimum Gasteiger partial charge on any atom is -0.494 e. The highest BCUT2D eigenvalue weighted by molar-refractivity contribution is 8.16. The van der Waals surface area contributed by atoms with Crippen LogP contribution in [0.2, 0.25) is 0 Å². The summed E-state index contributed by atoms with van der Waals surface area (Å²) >= 11 is 1.32. The van der Waals surface area contributed by atoms with Crippen molar-refractivity contribution in [3.05, 3.63) is 83.4 Å². The zero-order valence-corrected chi connectivity index (χ0v) is 21.8. The number of aliphatic imine (C=N–C) groups is 1. The number of ketones is 1. The summed E-state index contributed by atoms with van der Waals surface area (Å²) in [4.78, 5) is 33.0. The Morgan fingerprint density at radius 3 is 2.08 bits per heavy atom. The summed E-state index contributed by atoms with van der Waals surface area (Å²) in [6.45, 7) is 9.00. The molecule has 0 spiro atoms. The van der Waals surface area contributed by atoms with E-state index < -0.39 is 5.25 Å². The van der Waals surface area contributed by atoms with Crippen LogP contribution in [0.25, 0.3) is 0 Å². The zero-order valence-electron chi connectivity index (χ0n) is 21.0.